The van der Waals surface area contributed by atoms with E-state index < -0.39 is 11.6 Å². The Morgan fingerprint density at radius 2 is 1.89 bits per heavy atom. The van der Waals surface area contributed by atoms with E-state index in [0.717, 1.165) is 19.1 Å². The van der Waals surface area contributed by atoms with Gasteiger partial charge in [-0.1, -0.05) is 26.0 Å². The van der Waals surface area contributed by atoms with Crippen LogP contribution in [0.1, 0.15) is 38.8 Å². The first-order valence-corrected chi connectivity index (χ1v) is 6.77. The predicted octanol–water partition coefficient (Wildman–Crippen LogP) is 3.68. The first-order valence-electron chi connectivity index (χ1n) is 6.77. The Morgan fingerprint density at radius 3 is 2.58 bits per heavy atom. The van der Waals surface area contributed by atoms with Crippen LogP contribution in [0.25, 0.3) is 0 Å². The highest BCUT2D eigenvalue weighted by Crippen LogP contribution is 2.18. The summed E-state index contributed by atoms with van der Waals surface area (Å²) in [6.45, 7) is 8.05. The van der Waals surface area contributed by atoms with Gasteiger partial charge in [-0.25, -0.2) is 8.78 Å². The molecule has 19 heavy (non-hydrogen) atoms. The van der Waals surface area contributed by atoms with E-state index in [1.807, 2.05) is 6.92 Å². The number of rotatable bonds is 8. The molecule has 4 heteroatoms. The quantitative estimate of drug-likeness (QED) is 0.728. The van der Waals surface area contributed by atoms with Crippen LogP contribution in [0.15, 0.2) is 18.2 Å². The minimum absolute atomic E-state index is 0.232. The number of halogens is 2. The summed E-state index contributed by atoms with van der Waals surface area (Å²) in [5, 5.41) is 3.12. The summed E-state index contributed by atoms with van der Waals surface area (Å²) in [7, 11) is 0. The largest absolute Gasteiger partial charge is 0.380 e. The first-order chi connectivity index (χ1) is 9.02. The molecule has 0 bridgehead atoms. The average Bonchev–Trinajstić information content (AvgIpc) is 2.36. The van der Waals surface area contributed by atoms with E-state index in [9.17, 15) is 8.78 Å². The highest BCUT2D eigenvalue weighted by Gasteiger charge is 2.13. The van der Waals surface area contributed by atoms with Crippen LogP contribution < -0.4 is 5.32 Å². The molecule has 1 N–H and O–H groups in total. The van der Waals surface area contributed by atoms with Crippen molar-refractivity contribution in [1.29, 1.82) is 0 Å². The molecule has 0 spiro atoms. The van der Waals surface area contributed by atoms with Crippen molar-refractivity contribution in [2.24, 2.45) is 5.92 Å². The van der Waals surface area contributed by atoms with E-state index in [2.05, 4.69) is 19.2 Å². The molecule has 0 aromatic heterocycles. The molecule has 1 aromatic carbocycles. The van der Waals surface area contributed by atoms with Gasteiger partial charge in [0, 0.05) is 24.8 Å². The highest BCUT2D eigenvalue weighted by atomic mass is 19.2. The lowest BCUT2D eigenvalue weighted by Gasteiger charge is -2.15. The molecule has 1 rings (SSSR count). The van der Waals surface area contributed by atoms with E-state index in [4.69, 9.17) is 4.74 Å². The summed E-state index contributed by atoms with van der Waals surface area (Å²) in [5.41, 5.74) is 0.349. The first kappa shape index (κ1) is 16.1. The lowest BCUT2D eigenvalue weighted by molar-refractivity contribution is 0.123. The van der Waals surface area contributed by atoms with Gasteiger partial charge < -0.3 is 10.1 Å². The fourth-order valence-electron chi connectivity index (χ4n) is 1.73. The molecule has 0 heterocycles. The zero-order chi connectivity index (χ0) is 14.3. The average molecular weight is 271 g/mol. The standard InChI is InChI=1S/C15H23F2NO/c1-11(2)7-9-19-10-8-18-12(3)13-5-4-6-14(16)15(13)17/h4-6,11-12,18H,7-10H2,1-3H3. The summed E-state index contributed by atoms with van der Waals surface area (Å²) < 4.78 is 32.1. The second kappa shape index (κ2) is 8.23. The van der Waals surface area contributed by atoms with Crippen LogP contribution >= 0.6 is 0 Å². The Morgan fingerprint density at radius 1 is 1.16 bits per heavy atom. The van der Waals surface area contributed by atoms with Crippen molar-refractivity contribution in [1.82, 2.24) is 5.32 Å². The van der Waals surface area contributed by atoms with Crippen LogP contribution in [0.3, 0.4) is 0 Å². The van der Waals surface area contributed by atoms with E-state index >= 15 is 0 Å². The second-order valence-electron chi connectivity index (χ2n) is 5.11. The molecule has 0 amide bonds. The van der Waals surface area contributed by atoms with Crippen molar-refractivity contribution in [3.63, 3.8) is 0 Å². The minimum Gasteiger partial charge on any atom is -0.380 e. The van der Waals surface area contributed by atoms with Gasteiger partial charge in [0.1, 0.15) is 0 Å². The number of hydrogen-bond acceptors (Lipinski definition) is 2. The van der Waals surface area contributed by atoms with Gasteiger partial charge in [0.05, 0.1) is 6.61 Å². The maximum absolute atomic E-state index is 13.5. The van der Waals surface area contributed by atoms with Gasteiger partial charge in [0.25, 0.3) is 0 Å². The third-order valence-corrected chi connectivity index (χ3v) is 2.98. The zero-order valence-corrected chi connectivity index (χ0v) is 11.9. The van der Waals surface area contributed by atoms with Crippen LogP contribution in [0, 0.1) is 17.6 Å². The Bertz CT molecular complexity index is 382. The van der Waals surface area contributed by atoms with E-state index in [1.54, 1.807) is 6.07 Å². The van der Waals surface area contributed by atoms with Crippen LogP contribution in [0.2, 0.25) is 0 Å². The summed E-state index contributed by atoms with van der Waals surface area (Å²) >= 11 is 0. The molecule has 0 saturated heterocycles. The molecule has 0 aliphatic heterocycles. The lowest BCUT2D eigenvalue weighted by Crippen LogP contribution is -2.24. The zero-order valence-electron chi connectivity index (χ0n) is 11.9. The fraction of sp³-hybridized carbons (Fsp3) is 0.600. The number of benzene rings is 1. The van der Waals surface area contributed by atoms with Gasteiger partial charge in [0.2, 0.25) is 0 Å². The minimum atomic E-state index is -0.806. The highest BCUT2D eigenvalue weighted by molar-refractivity contribution is 5.21. The maximum atomic E-state index is 13.5. The van der Waals surface area contributed by atoms with Crippen molar-refractivity contribution >= 4 is 0 Å². The SMILES string of the molecule is CC(C)CCOCCNC(C)c1cccc(F)c1F. The molecule has 1 aromatic rings. The molecule has 1 atom stereocenters. The molecular formula is C15H23F2NO. The Hall–Kier alpha value is -1.00. The van der Waals surface area contributed by atoms with Crippen LogP contribution in [-0.4, -0.2) is 19.8 Å². The monoisotopic (exact) mass is 271 g/mol. The van der Waals surface area contributed by atoms with Gasteiger partial charge in [-0.2, -0.15) is 0 Å². The Labute approximate surface area is 114 Å². The van der Waals surface area contributed by atoms with Gasteiger partial charge >= 0.3 is 0 Å². The molecule has 0 aliphatic rings. The molecule has 0 saturated carbocycles. The lowest BCUT2D eigenvalue weighted by atomic mass is 10.1. The van der Waals surface area contributed by atoms with E-state index in [1.165, 1.54) is 6.07 Å². The smallest absolute Gasteiger partial charge is 0.163 e. The van der Waals surface area contributed by atoms with Crippen molar-refractivity contribution in [2.45, 2.75) is 33.2 Å². The number of nitrogens with one attached hydrogen (secondary N) is 1. The van der Waals surface area contributed by atoms with Crippen LogP contribution in [0.4, 0.5) is 8.78 Å². The third-order valence-electron chi connectivity index (χ3n) is 2.98. The van der Waals surface area contributed by atoms with Crippen molar-refractivity contribution in [2.75, 3.05) is 19.8 Å². The van der Waals surface area contributed by atoms with Gasteiger partial charge in [0.15, 0.2) is 11.6 Å². The summed E-state index contributed by atoms with van der Waals surface area (Å²) in [6, 6.07) is 4.01. The van der Waals surface area contributed by atoms with Crippen molar-refractivity contribution in [3.05, 3.63) is 35.4 Å². The van der Waals surface area contributed by atoms with Crippen LogP contribution in [-0.2, 0) is 4.74 Å². The number of hydrogen-bond donors (Lipinski definition) is 1. The molecule has 1 unspecified atom stereocenters. The van der Waals surface area contributed by atoms with Gasteiger partial charge in [-0.05, 0) is 25.3 Å². The summed E-state index contributed by atoms with van der Waals surface area (Å²) in [4.78, 5) is 0. The molecular weight excluding hydrogens is 248 g/mol. The fourth-order valence-corrected chi connectivity index (χ4v) is 1.73. The Balaban J connectivity index is 2.28. The van der Waals surface area contributed by atoms with Gasteiger partial charge in [-0.3, -0.25) is 0 Å². The topological polar surface area (TPSA) is 21.3 Å². The van der Waals surface area contributed by atoms with E-state index in [0.29, 0.717) is 24.6 Å². The van der Waals surface area contributed by atoms with Crippen molar-refractivity contribution < 1.29 is 13.5 Å². The normalized spacial score (nSPS) is 12.9. The molecule has 108 valence electrons. The molecule has 0 radical (unpaired) electrons. The predicted molar refractivity (Wildman–Crippen MR) is 73.0 cm³/mol. The number of ether oxygens (including phenoxy) is 1. The summed E-state index contributed by atoms with van der Waals surface area (Å²) in [6.07, 6.45) is 1.04. The molecule has 0 fully saturated rings. The molecule has 0 aliphatic carbocycles. The Kier molecular flexibility index (Phi) is 6.95. The van der Waals surface area contributed by atoms with Crippen LogP contribution in [0.5, 0.6) is 0 Å². The second-order valence-corrected chi connectivity index (χ2v) is 5.11. The third kappa shape index (κ3) is 5.66. The maximum Gasteiger partial charge on any atom is 0.163 e. The van der Waals surface area contributed by atoms with E-state index in [-0.39, 0.29) is 6.04 Å². The van der Waals surface area contributed by atoms with Crippen molar-refractivity contribution in [3.8, 4) is 0 Å². The molecule has 2 nitrogen and oxygen atoms in total. The van der Waals surface area contributed by atoms with Gasteiger partial charge in [-0.15, -0.1) is 0 Å². The summed E-state index contributed by atoms with van der Waals surface area (Å²) in [5.74, 6) is -0.948.